The number of anilines is 2. The van der Waals surface area contributed by atoms with Gasteiger partial charge in [-0.1, -0.05) is 19.8 Å². The van der Waals surface area contributed by atoms with E-state index in [9.17, 15) is 0 Å². The monoisotopic (exact) mass is 206 g/mol. The van der Waals surface area contributed by atoms with Crippen LogP contribution in [0.15, 0.2) is 12.4 Å². The second kappa shape index (κ2) is 4.47. The molecular formula is C11H18N4. The molecule has 1 heterocycles. The van der Waals surface area contributed by atoms with Gasteiger partial charge < -0.3 is 11.1 Å². The van der Waals surface area contributed by atoms with Gasteiger partial charge in [-0.15, -0.1) is 0 Å². The van der Waals surface area contributed by atoms with Crippen molar-refractivity contribution in [1.82, 2.24) is 9.97 Å². The smallest absolute Gasteiger partial charge is 0.144 e. The van der Waals surface area contributed by atoms with Gasteiger partial charge in [0, 0.05) is 6.04 Å². The van der Waals surface area contributed by atoms with E-state index in [4.69, 9.17) is 5.73 Å². The van der Waals surface area contributed by atoms with Crippen LogP contribution in [0.2, 0.25) is 0 Å². The number of hydrogen-bond acceptors (Lipinski definition) is 4. The molecule has 2 unspecified atom stereocenters. The fourth-order valence-corrected chi connectivity index (χ4v) is 2.13. The molecular weight excluding hydrogens is 188 g/mol. The molecule has 0 aromatic carbocycles. The summed E-state index contributed by atoms with van der Waals surface area (Å²) < 4.78 is 0. The summed E-state index contributed by atoms with van der Waals surface area (Å²) in [6, 6.07) is 0.539. The minimum Gasteiger partial charge on any atom is -0.382 e. The molecule has 1 aliphatic rings. The molecule has 82 valence electrons. The minimum atomic E-state index is 0.470. The van der Waals surface area contributed by atoms with Gasteiger partial charge in [0.25, 0.3) is 0 Å². The first-order valence-corrected chi connectivity index (χ1v) is 5.60. The first-order valence-electron chi connectivity index (χ1n) is 5.60. The lowest BCUT2D eigenvalue weighted by Gasteiger charge is -2.29. The Hall–Kier alpha value is -1.32. The Morgan fingerprint density at radius 1 is 1.27 bits per heavy atom. The van der Waals surface area contributed by atoms with Gasteiger partial charge >= 0.3 is 0 Å². The number of nitrogens with two attached hydrogens (primary N) is 1. The first-order chi connectivity index (χ1) is 7.25. The molecule has 1 aromatic heterocycles. The Morgan fingerprint density at radius 3 is 2.73 bits per heavy atom. The highest BCUT2D eigenvalue weighted by atomic mass is 15.0. The van der Waals surface area contributed by atoms with E-state index in [1.807, 2.05) is 0 Å². The zero-order chi connectivity index (χ0) is 10.7. The maximum Gasteiger partial charge on any atom is 0.144 e. The molecule has 1 saturated carbocycles. The van der Waals surface area contributed by atoms with Gasteiger partial charge in [0.15, 0.2) is 0 Å². The summed E-state index contributed by atoms with van der Waals surface area (Å²) in [5, 5.41) is 3.43. The van der Waals surface area contributed by atoms with Gasteiger partial charge in [0.1, 0.15) is 11.6 Å². The molecule has 1 fully saturated rings. The summed E-state index contributed by atoms with van der Waals surface area (Å²) >= 11 is 0. The predicted octanol–water partition coefficient (Wildman–Crippen LogP) is 2.05. The summed E-state index contributed by atoms with van der Waals surface area (Å²) in [4.78, 5) is 8.23. The van der Waals surface area contributed by atoms with Crippen LogP contribution in [0, 0.1) is 5.92 Å². The summed E-state index contributed by atoms with van der Waals surface area (Å²) in [7, 11) is 0. The van der Waals surface area contributed by atoms with Gasteiger partial charge in [-0.25, -0.2) is 9.97 Å². The summed E-state index contributed by atoms with van der Waals surface area (Å²) in [5.74, 6) is 2.03. The number of rotatable bonds is 2. The van der Waals surface area contributed by atoms with Crippen LogP contribution in [0.5, 0.6) is 0 Å². The molecule has 4 nitrogen and oxygen atoms in total. The Labute approximate surface area is 90.3 Å². The van der Waals surface area contributed by atoms with E-state index in [1.165, 1.54) is 25.7 Å². The maximum atomic E-state index is 5.49. The van der Waals surface area contributed by atoms with E-state index in [-0.39, 0.29) is 0 Å². The largest absolute Gasteiger partial charge is 0.382 e. The van der Waals surface area contributed by atoms with Crippen LogP contribution in [0.3, 0.4) is 0 Å². The van der Waals surface area contributed by atoms with Gasteiger partial charge in [0.05, 0.1) is 12.4 Å². The van der Waals surface area contributed by atoms with Crippen LogP contribution in [-0.4, -0.2) is 16.0 Å². The molecule has 1 aromatic rings. The normalized spacial score (nSPS) is 26.2. The Bertz CT molecular complexity index is 309. The van der Waals surface area contributed by atoms with Crippen LogP contribution in [0.25, 0.3) is 0 Å². The fourth-order valence-electron chi connectivity index (χ4n) is 2.13. The third-order valence-electron chi connectivity index (χ3n) is 3.12. The summed E-state index contributed by atoms with van der Waals surface area (Å²) in [6.45, 7) is 2.29. The van der Waals surface area contributed by atoms with E-state index >= 15 is 0 Å². The molecule has 3 N–H and O–H groups in total. The van der Waals surface area contributed by atoms with Crippen molar-refractivity contribution in [2.24, 2.45) is 5.92 Å². The number of nitrogens with zero attached hydrogens (tertiary/aromatic N) is 2. The van der Waals surface area contributed by atoms with Crippen molar-refractivity contribution >= 4 is 11.6 Å². The highest BCUT2D eigenvalue weighted by Gasteiger charge is 2.21. The number of nitrogen functional groups attached to an aromatic ring is 1. The van der Waals surface area contributed by atoms with Crippen molar-refractivity contribution in [3.63, 3.8) is 0 Å². The molecule has 2 rings (SSSR count). The van der Waals surface area contributed by atoms with Crippen molar-refractivity contribution in [3.05, 3.63) is 12.4 Å². The van der Waals surface area contributed by atoms with E-state index in [0.29, 0.717) is 11.9 Å². The quantitative estimate of drug-likeness (QED) is 0.777. The average Bonchev–Trinajstić information content (AvgIpc) is 2.25. The van der Waals surface area contributed by atoms with Crippen LogP contribution in [-0.2, 0) is 0 Å². The molecule has 0 saturated heterocycles. The summed E-state index contributed by atoms with van der Waals surface area (Å²) in [5.41, 5.74) is 5.49. The number of hydrogen-bond donors (Lipinski definition) is 2. The highest BCUT2D eigenvalue weighted by molar-refractivity contribution is 5.37. The van der Waals surface area contributed by atoms with Crippen molar-refractivity contribution in [2.75, 3.05) is 11.1 Å². The Balaban J connectivity index is 1.98. The van der Waals surface area contributed by atoms with Gasteiger partial charge in [0.2, 0.25) is 0 Å². The van der Waals surface area contributed by atoms with E-state index < -0.39 is 0 Å². The molecule has 4 heteroatoms. The van der Waals surface area contributed by atoms with Crippen molar-refractivity contribution in [2.45, 2.75) is 38.6 Å². The van der Waals surface area contributed by atoms with E-state index in [1.54, 1.807) is 12.4 Å². The third-order valence-corrected chi connectivity index (χ3v) is 3.12. The minimum absolute atomic E-state index is 0.470. The van der Waals surface area contributed by atoms with Crippen LogP contribution in [0.4, 0.5) is 11.6 Å². The number of aromatic nitrogens is 2. The lowest BCUT2D eigenvalue weighted by Crippen LogP contribution is -2.30. The Morgan fingerprint density at radius 2 is 2.07 bits per heavy atom. The van der Waals surface area contributed by atoms with Gasteiger partial charge in [-0.05, 0) is 18.8 Å². The second-order valence-electron chi connectivity index (χ2n) is 4.34. The fraction of sp³-hybridized carbons (Fsp3) is 0.636. The van der Waals surface area contributed by atoms with Crippen LogP contribution < -0.4 is 11.1 Å². The number of nitrogens with one attached hydrogen (secondary N) is 1. The predicted molar refractivity (Wildman–Crippen MR) is 61.5 cm³/mol. The lowest BCUT2D eigenvalue weighted by molar-refractivity contribution is 0.349. The molecule has 0 spiro atoms. The molecule has 2 atom stereocenters. The van der Waals surface area contributed by atoms with Crippen LogP contribution in [0.1, 0.15) is 32.6 Å². The van der Waals surface area contributed by atoms with E-state index in [0.717, 1.165) is 11.7 Å². The topological polar surface area (TPSA) is 63.8 Å². The molecule has 0 bridgehead atoms. The maximum absolute atomic E-state index is 5.49. The molecule has 0 radical (unpaired) electrons. The van der Waals surface area contributed by atoms with E-state index in [2.05, 4.69) is 22.2 Å². The molecule has 0 amide bonds. The van der Waals surface area contributed by atoms with Gasteiger partial charge in [-0.2, -0.15) is 0 Å². The van der Waals surface area contributed by atoms with Crippen molar-refractivity contribution in [1.29, 1.82) is 0 Å². The molecule has 15 heavy (non-hydrogen) atoms. The molecule has 1 aliphatic carbocycles. The SMILES string of the molecule is CC1CCCCC1Nc1cnc(N)cn1. The molecule has 0 aliphatic heterocycles. The first kappa shape index (κ1) is 10.2. The second-order valence-corrected chi connectivity index (χ2v) is 4.34. The highest BCUT2D eigenvalue weighted by Crippen LogP contribution is 2.25. The van der Waals surface area contributed by atoms with Crippen molar-refractivity contribution in [3.8, 4) is 0 Å². The average molecular weight is 206 g/mol. The Kier molecular flexibility index (Phi) is 3.04. The summed E-state index contributed by atoms with van der Waals surface area (Å²) in [6.07, 6.45) is 8.50. The zero-order valence-electron chi connectivity index (χ0n) is 9.11. The van der Waals surface area contributed by atoms with Crippen molar-refractivity contribution < 1.29 is 0 Å². The third kappa shape index (κ3) is 2.58. The van der Waals surface area contributed by atoms with Gasteiger partial charge in [-0.3, -0.25) is 0 Å². The standard InChI is InChI=1S/C11H18N4/c1-8-4-2-3-5-9(8)15-11-7-13-10(12)6-14-11/h6-9H,2-5H2,1H3,(H2,12,13)(H,14,15). The lowest BCUT2D eigenvalue weighted by atomic mass is 9.86. The zero-order valence-corrected chi connectivity index (χ0v) is 9.11. The van der Waals surface area contributed by atoms with Crippen LogP contribution >= 0.6 is 0 Å².